The first-order valence-electron chi connectivity index (χ1n) is 8.14. The van der Waals surface area contributed by atoms with E-state index in [2.05, 4.69) is 20.6 Å². The monoisotopic (exact) mass is 370 g/mol. The Morgan fingerprint density at radius 2 is 1.74 bits per heavy atom. The highest BCUT2D eigenvalue weighted by Gasteiger charge is 2.12. The largest absolute Gasteiger partial charge is 0.462 e. The van der Waals surface area contributed by atoms with Gasteiger partial charge in [0.1, 0.15) is 18.0 Å². The molecule has 0 unspecified atom stereocenters. The minimum Gasteiger partial charge on any atom is -0.462 e. The van der Waals surface area contributed by atoms with Gasteiger partial charge in [-0.1, -0.05) is 12.1 Å². The molecule has 0 amide bonds. The molecule has 0 aliphatic heterocycles. The molecular weight excluding hydrogens is 354 g/mol. The zero-order chi connectivity index (χ0) is 19.2. The SMILES string of the molecule is CCOC(=O)c1ccccc1Nc1cc(Nc2ccc(F)c(F)c2)ncn1. The van der Waals surface area contributed by atoms with E-state index in [-0.39, 0.29) is 6.61 Å². The Morgan fingerprint density at radius 3 is 2.48 bits per heavy atom. The molecule has 0 aliphatic rings. The number of para-hydroxylation sites is 1. The third kappa shape index (κ3) is 4.55. The van der Waals surface area contributed by atoms with Crippen molar-refractivity contribution in [3.05, 3.63) is 72.1 Å². The zero-order valence-electron chi connectivity index (χ0n) is 14.4. The van der Waals surface area contributed by atoms with Gasteiger partial charge in [0.05, 0.1) is 17.9 Å². The number of carbonyl (C=O) groups is 1. The molecule has 6 nitrogen and oxygen atoms in total. The van der Waals surface area contributed by atoms with Gasteiger partial charge in [0, 0.05) is 17.8 Å². The Hall–Kier alpha value is -3.55. The quantitative estimate of drug-likeness (QED) is 0.626. The highest BCUT2D eigenvalue weighted by Crippen LogP contribution is 2.23. The molecule has 0 spiro atoms. The van der Waals surface area contributed by atoms with E-state index >= 15 is 0 Å². The first-order valence-corrected chi connectivity index (χ1v) is 8.14. The van der Waals surface area contributed by atoms with Crippen LogP contribution in [0.3, 0.4) is 0 Å². The van der Waals surface area contributed by atoms with Crippen LogP contribution in [0.2, 0.25) is 0 Å². The van der Waals surface area contributed by atoms with E-state index in [0.717, 1.165) is 12.1 Å². The number of carbonyl (C=O) groups excluding carboxylic acids is 1. The predicted octanol–water partition coefficient (Wildman–Crippen LogP) is 4.42. The standard InChI is InChI=1S/C19H16F2N4O2/c1-2-27-19(26)13-5-3-4-6-16(13)25-18-10-17(22-11-23-18)24-12-7-8-14(20)15(21)9-12/h3-11H,2H2,1H3,(H2,22,23,24,25). The van der Waals surface area contributed by atoms with Gasteiger partial charge in [0.2, 0.25) is 0 Å². The smallest absolute Gasteiger partial charge is 0.340 e. The lowest BCUT2D eigenvalue weighted by Gasteiger charge is -2.12. The van der Waals surface area contributed by atoms with Gasteiger partial charge in [-0.05, 0) is 31.2 Å². The van der Waals surface area contributed by atoms with Gasteiger partial charge in [0.25, 0.3) is 0 Å². The molecule has 0 aliphatic carbocycles. The van der Waals surface area contributed by atoms with Crippen molar-refractivity contribution in [1.29, 1.82) is 0 Å². The minimum absolute atomic E-state index is 0.267. The number of benzene rings is 2. The van der Waals surface area contributed by atoms with Gasteiger partial charge < -0.3 is 15.4 Å². The van der Waals surface area contributed by atoms with Crippen molar-refractivity contribution >= 4 is 29.0 Å². The minimum atomic E-state index is -0.962. The number of nitrogens with one attached hydrogen (secondary N) is 2. The molecule has 8 heteroatoms. The molecule has 0 radical (unpaired) electrons. The van der Waals surface area contributed by atoms with Crippen molar-refractivity contribution in [1.82, 2.24) is 9.97 Å². The summed E-state index contributed by atoms with van der Waals surface area (Å²) in [6.45, 7) is 2.00. The lowest BCUT2D eigenvalue weighted by Crippen LogP contribution is -2.08. The predicted molar refractivity (Wildman–Crippen MR) is 97.4 cm³/mol. The second-order valence-corrected chi connectivity index (χ2v) is 5.43. The first kappa shape index (κ1) is 18.2. The van der Waals surface area contributed by atoms with E-state index in [0.29, 0.717) is 28.6 Å². The van der Waals surface area contributed by atoms with Gasteiger partial charge in [-0.3, -0.25) is 0 Å². The number of aromatic nitrogens is 2. The Kier molecular flexibility index (Phi) is 5.55. The Bertz CT molecular complexity index is 966. The molecule has 1 heterocycles. The molecule has 0 fully saturated rings. The molecule has 0 saturated heterocycles. The Balaban J connectivity index is 1.80. The second kappa shape index (κ2) is 8.22. The molecule has 3 aromatic rings. The van der Waals surface area contributed by atoms with Crippen LogP contribution in [0.1, 0.15) is 17.3 Å². The lowest BCUT2D eigenvalue weighted by atomic mass is 10.2. The average molecular weight is 370 g/mol. The second-order valence-electron chi connectivity index (χ2n) is 5.43. The van der Waals surface area contributed by atoms with Crippen LogP contribution in [-0.2, 0) is 4.74 Å². The Morgan fingerprint density at radius 1 is 1.00 bits per heavy atom. The fourth-order valence-corrected chi connectivity index (χ4v) is 2.33. The zero-order valence-corrected chi connectivity index (χ0v) is 14.4. The maximum absolute atomic E-state index is 13.3. The summed E-state index contributed by atoms with van der Waals surface area (Å²) >= 11 is 0. The van der Waals surface area contributed by atoms with Crippen LogP contribution in [0, 0.1) is 11.6 Å². The van der Waals surface area contributed by atoms with E-state index in [1.165, 1.54) is 12.4 Å². The van der Waals surface area contributed by atoms with Crippen LogP contribution in [0.5, 0.6) is 0 Å². The third-order valence-corrected chi connectivity index (χ3v) is 3.54. The van der Waals surface area contributed by atoms with Gasteiger partial charge in [0.15, 0.2) is 11.6 Å². The van der Waals surface area contributed by atoms with Gasteiger partial charge >= 0.3 is 5.97 Å². The summed E-state index contributed by atoms with van der Waals surface area (Å²) in [4.78, 5) is 20.2. The van der Waals surface area contributed by atoms with E-state index in [4.69, 9.17) is 4.74 Å². The molecule has 1 aromatic heterocycles. The molecule has 0 atom stereocenters. The van der Waals surface area contributed by atoms with Crippen molar-refractivity contribution in [3.8, 4) is 0 Å². The third-order valence-electron chi connectivity index (χ3n) is 3.54. The topological polar surface area (TPSA) is 76.1 Å². The molecular formula is C19H16F2N4O2. The summed E-state index contributed by atoms with van der Waals surface area (Å²) in [6.07, 6.45) is 1.30. The van der Waals surface area contributed by atoms with Crippen molar-refractivity contribution in [2.24, 2.45) is 0 Å². The maximum atomic E-state index is 13.3. The summed E-state index contributed by atoms with van der Waals surface area (Å²) < 4.78 is 31.4. The average Bonchev–Trinajstić information content (AvgIpc) is 2.66. The van der Waals surface area contributed by atoms with Crippen LogP contribution < -0.4 is 10.6 Å². The summed E-state index contributed by atoms with van der Waals surface area (Å²) in [5, 5.41) is 5.90. The van der Waals surface area contributed by atoms with Crippen LogP contribution >= 0.6 is 0 Å². The maximum Gasteiger partial charge on any atom is 0.340 e. The number of esters is 1. The number of hydrogen-bond acceptors (Lipinski definition) is 6. The Labute approximate surface area is 154 Å². The molecule has 3 rings (SSSR count). The van der Waals surface area contributed by atoms with E-state index < -0.39 is 17.6 Å². The molecule has 138 valence electrons. The van der Waals surface area contributed by atoms with Crippen molar-refractivity contribution in [2.45, 2.75) is 6.92 Å². The fraction of sp³-hybridized carbons (Fsp3) is 0.105. The van der Waals surface area contributed by atoms with E-state index in [1.807, 2.05) is 0 Å². The summed E-state index contributed by atoms with van der Waals surface area (Å²) in [5.41, 5.74) is 1.23. The summed E-state index contributed by atoms with van der Waals surface area (Å²) in [6, 6.07) is 11.9. The number of anilines is 4. The number of halogens is 2. The number of hydrogen-bond donors (Lipinski definition) is 2. The van der Waals surface area contributed by atoms with Crippen LogP contribution in [0.4, 0.5) is 31.8 Å². The first-order chi connectivity index (χ1) is 13.1. The lowest BCUT2D eigenvalue weighted by molar-refractivity contribution is 0.0527. The molecule has 2 aromatic carbocycles. The number of ether oxygens (including phenoxy) is 1. The van der Waals surface area contributed by atoms with Gasteiger partial charge in [-0.25, -0.2) is 23.5 Å². The fourth-order valence-electron chi connectivity index (χ4n) is 2.33. The highest BCUT2D eigenvalue weighted by molar-refractivity contribution is 5.96. The highest BCUT2D eigenvalue weighted by atomic mass is 19.2. The van der Waals surface area contributed by atoms with Gasteiger partial charge in [-0.2, -0.15) is 0 Å². The summed E-state index contributed by atoms with van der Waals surface area (Å²) in [5.74, 6) is -1.56. The van der Waals surface area contributed by atoms with E-state index in [1.54, 1.807) is 37.3 Å². The summed E-state index contributed by atoms with van der Waals surface area (Å²) in [7, 11) is 0. The van der Waals surface area contributed by atoms with Crippen molar-refractivity contribution < 1.29 is 18.3 Å². The van der Waals surface area contributed by atoms with Crippen LogP contribution in [0.15, 0.2) is 54.9 Å². The van der Waals surface area contributed by atoms with Gasteiger partial charge in [-0.15, -0.1) is 0 Å². The van der Waals surface area contributed by atoms with Crippen molar-refractivity contribution in [3.63, 3.8) is 0 Å². The molecule has 2 N–H and O–H groups in total. The molecule has 27 heavy (non-hydrogen) atoms. The molecule has 0 saturated carbocycles. The van der Waals surface area contributed by atoms with E-state index in [9.17, 15) is 13.6 Å². The van der Waals surface area contributed by atoms with Crippen LogP contribution in [-0.4, -0.2) is 22.5 Å². The number of nitrogens with zero attached hydrogens (tertiary/aromatic N) is 2. The number of rotatable bonds is 6. The van der Waals surface area contributed by atoms with Crippen LogP contribution in [0.25, 0.3) is 0 Å². The van der Waals surface area contributed by atoms with Crippen molar-refractivity contribution in [2.75, 3.05) is 17.2 Å². The molecule has 0 bridgehead atoms. The normalized spacial score (nSPS) is 10.3.